The monoisotopic (exact) mass is 302 g/mol. The number of anilines is 2. The molecule has 1 heterocycles. The topological polar surface area (TPSA) is 118 Å². The van der Waals surface area contributed by atoms with Crippen LogP contribution in [0, 0.1) is 0 Å². The van der Waals surface area contributed by atoms with Crippen molar-refractivity contribution in [2.45, 2.75) is 11.7 Å². The molecule has 3 N–H and O–H groups in total. The molecule has 1 fully saturated rings. The third-order valence-corrected chi connectivity index (χ3v) is 4.17. The average Bonchev–Trinajstić information content (AvgIpc) is 2.70. The summed E-state index contributed by atoms with van der Waals surface area (Å²) in [5, 5.41) is 7.57. The fourth-order valence-electron chi connectivity index (χ4n) is 2.11. The number of carboxylic acids is 1. The van der Waals surface area contributed by atoms with Crippen LogP contribution < -0.4 is 10.6 Å². The third kappa shape index (κ3) is 2.44. The van der Waals surface area contributed by atoms with Gasteiger partial charge in [-0.25, -0.2) is 4.79 Å². The number of hydrogen-bond donors (Lipinski definition) is 2. The number of aromatic carboxylic acids is 1. The van der Waals surface area contributed by atoms with E-state index < -0.39 is 40.3 Å². The van der Waals surface area contributed by atoms with Crippen molar-refractivity contribution in [2.75, 3.05) is 17.2 Å². The van der Waals surface area contributed by atoms with Crippen molar-refractivity contribution in [2.24, 2.45) is 0 Å². The highest BCUT2D eigenvalue weighted by Gasteiger charge is 2.40. The van der Waals surface area contributed by atoms with Gasteiger partial charge in [-0.3, -0.25) is 4.79 Å². The molecule has 2 rings (SSSR count). The first-order valence-corrected chi connectivity index (χ1v) is 7.02. The lowest BCUT2D eigenvalue weighted by atomic mass is 10.1. The Bertz CT molecular complexity index is 688. The minimum absolute atomic E-state index is 0.00940. The molecule has 7 nitrogen and oxygen atoms in total. The fraction of sp³-hybridized carbons (Fsp3) is 0.273. The number of nitrogens with two attached hydrogens (primary N) is 1. The number of para-hydroxylation sites is 1. The van der Waals surface area contributed by atoms with Crippen LogP contribution in [0.1, 0.15) is 16.8 Å². The van der Waals surface area contributed by atoms with Crippen molar-refractivity contribution in [1.29, 1.82) is 0 Å². The number of amides is 1. The van der Waals surface area contributed by atoms with E-state index in [0.717, 1.165) is 4.90 Å². The van der Waals surface area contributed by atoms with Gasteiger partial charge < -0.3 is 15.7 Å². The quantitative estimate of drug-likeness (QED) is 0.615. The molecular weight excluding hydrogens is 291 g/mol. The van der Waals surface area contributed by atoms with Gasteiger partial charge in [0.1, 0.15) is 5.25 Å². The molecule has 1 aromatic rings. The zero-order chi connectivity index (χ0) is 15.1. The van der Waals surface area contributed by atoms with E-state index in [1.807, 2.05) is 0 Å². The summed E-state index contributed by atoms with van der Waals surface area (Å²) in [4.78, 5) is 23.8. The maximum atomic E-state index is 13.0. The second-order valence-corrected chi connectivity index (χ2v) is 5.97. The molecule has 108 valence electrons. The van der Waals surface area contributed by atoms with Crippen LogP contribution in [-0.2, 0) is 15.0 Å². The first kappa shape index (κ1) is 14.3. The van der Waals surface area contributed by atoms with E-state index in [1.54, 1.807) is 0 Å². The number of nitrogens with zero attached hydrogens (tertiary/aromatic N) is 1. The van der Waals surface area contributed by atoms with Gasteiger partial charge in [0, 0.05) is 13.0 Å². The van der Waals surface area contributed by atoms with E-state index in [0.29, 0.717) is 0 Å². The molecular formula is C11H11FN2O5S. The number of hydrogen-bond acceptors (Lipinski definition) is 5. The number of nitrogen functional groups attached to an aromatic ring is 1. The summed E-state index contributed by atoms with van der Waals surface area (Å²) in [6.07, 6.45) is -0.535. The maximum Gasteiger partial charge on any atom is 0.337 e. The molecule has 1 atom stereocenters. The van der Waals surface area contributed by atoms with Crippen molar-refractivity contribution in [3.05, 3.63) is 23.8 Å². The van der Waals surface area contributed by atoms with Gasteiger partial charge in [0.15, 0.2) is 0 Å². The second kappa shape index (κ2) is 4.75. The molecule has 0 radical (unpaired) electrons. The third-order valence-electron chi connectivity index (χ3n) is 3.06. The minimum Gasteiger partial charge on any atom is -0.478 e. The molecule has 9 heteroatoms. The summed E-state index contributed by atoms with van der Waals surface area (Å²) in [5.74, 6) is -2.00. The Morgan fingerprint density at radius 3 is 2.60 bits per heavy atom. The predicted octanol–water partition coefficient (Wildman–Crippen LogP) is 0.372. The molecule has 0 aliphatic carbocycles. The maximum absolute atomic E-state index is 13.0. The van der Waals surface area contributed by atoms with Gasteiger partial charge >= 0.3 is 16.2 Å². The van der Waals surface area contributed by atoms with Crippen LogP contribution in [0.3, 0.4) is 0 Å². The van der Waals surface area contributed by atoms with Crippen LogP contribution in [0.25, 0.3) is 0 Å². The SMILES string of the molecule is Nc1cccc(C(=O)O)c1N1CC(S(=O)(=O)F)CC1=O. The van der Waals surface area contributed by atoms with Crippen molar-refractivity contribution in [3.8, 4) is 0 Å². The highest BCUT2D eigenvalue weighted by Crippen LogP contribution is 2.33. The predicted molar refractivity (Wildman–Crippen MR) is 68.6 cm³/mol. The zero-order valence-corrected chi connectivity index (χ0v) is 10.9. The lowest BCUT2D eigenvalue weighted by Crippen LogP contribution is -2.29. The number of benzene rings is 1. The Kier molecular flexibility index (Phi) is 3.38. The summed E-state index contributed by atoms with van der Waals surface area (Å²) in [6.45, 7) is -0.452. The van der Waals surface area contributed by atoms with Crippen LogP contribution in [0.5, 0.6) is 0 Å². The molecule has 1 unspecified atom stereocenters. The number of carbonyl (C=O) groups excluding carboxylic acids is 1. The Labute approximate surface area is 114 Å². The van der Waals surface area contributed by atoms with Crippen LogP contribution in [-0.4, -0.2) is 37.2 Å². The van der Waals surface area contributed by atoms with Crippen LogP contribution >= 0.6 is 0 Å². The van der Waals surface area contributed by atoms with E-state index in [2.05, 4.69) is 0 Å². The summed E-state index contributed by atoms with van der Waals surface area (Å²) in [7, 11) is -4.87. The van der Waals surface area contributed by atoms with E-state index in [1.165, 1.54) is 18.2 Å². The molecule has 1 amide bonds. The number of carboxylic acid groups (broad SMARTS) is 1. The molecule has 0 aromatic heterocycles. The molecule has 0 spiro atoms. The van der Waals surface area contributed by atoms with Crippen molar-refractivity contribution < 1.29 is 27.0 Å². The summed E-state index contributed by atoms with van der Waals surface area (Å²) < 4.78 is 34.7. The standard InChI is InChI=1S/C11H11FN2O5S/c12-20(18,19)6-4-9(15)14(5-6)10-7(11(16)17)2-1-3-8(10)13/h1-3,6H,4-5,13H2,(H,16,17). The number of halogens is 1. The lowest BCUT2D eigenvalue weighted by Gasteiger charge is -2.20. The van der Waals surface area contributed by atoms with Crippen LogP contribution in [0.2, 0.25) is 0 Å². The Balaban J connectivity index is 2.48. The Morgan fingerprint density at radius 2 is 2.10 bits per heavy atom. The first-order valence-electron chi connectivity index (χ1n) is 5.57. The normalized spacial score (nSPS) is 19.4. The van der Waals surface area contributed by atoms with Crippen LogP contribution in [0.15, 0.2) is 18.2 Å². The van der Waals surface area contributed by atoms with Crippen molar-refractivity contribution >= 4 is 33.5 Å². The van der Waals surface area contributed by atoms with E-state index in [4.69, 9.17) is 10.8 Å². The van der Waals surface area contributed by atoms with Gasteiger partial charge in [0.2, 0.25) is 5.91 Å². The van der Waals surface area contributed by atoms with Gasteiger partial charge in [0.25, 0.3) is 0 Å². The van der Waals surface area contributed by atoms with Crippen molar-refractivity contribution in [3.63, 3.8) is 0 Å². The highest BCUT2D eigenvalue weighted by molar-refractivity contribution is 7.87. The largest absolute Gasteiger partial charge is 0.478 e. The summed E-state index contributed by atoms with van der Waals surface area (Å²) in [6, 6.07) is 4.01. The summed E-state index contributed by atoms with van der Waals surface area (Å²) in [5.41, 5.74) is 5.32. The average molecular weight is 302 g/mol. The minimum atomic E-state index is -4.87. The lowest BCUT2D eigenvalue weighted by molar-refractivity contribution is -0.117. The summed E-state index contributed by atoms with van der Waals surface area (Å²) >= 11 is 0. The smallest absolute Gasteiger partial charge is 0.337 e. The molecule has 1 aliphatic rings. The molecule has 1 saturated heterocycles. The van der Waals surface area contributed by atoms with Gasteiger partial charge in [-0.15, -0.1) is 3.89 Å². The van der Waals surface area contributed by atoms with Gasteiger partial charge in [-0.1, -0.05) is 6.07 Å². The zero-order valence-electron chi connectivity index (χ0n) is 10.1. The Hall–Kier alpha value is -2.16. The van der Waals surface area contributed by atoms with Crippen LogP contribution in [0.4, 0.5) is 15.3 Å². The Morgan fingerprint density at radius 1 is 1.45 bits per heavy atom. The number of carbonyl (C=O) groups is 2. The molecule has 1 aliphatic heterocycles. The highest BCUT2D eigenvalue weighted by atomic mass is 32.3. The van der Waals surface area contributed by atoms with Crippen molar-refractivity contribution in [1.82, 2.24) is 0 Å². The van der Waals surface area contributed by atoms with E-state index in [9.17, 15) is 21.9 Å². The van der Waals surface area contributed by atoms with E-state index in [-0.39, 0.29) is 16.9 Å². The molecule has 20 heavy (non-hydrogen) atoms. The molecule has 1 aromatic carbocycles. The van der Waals surface area contributed by atoms with E-state index >= 15 is 0 Å². The van der Waals surface area contributed by atoms with Gasteiger partial charge in [0.05, 0.1) is 16.9 Å². The second-order valence-electron chi connectivity index (χ2n) is 4.35. The number of rotatable bonds is 3. The van der Waals surface area contributed by atoms with Gasteiger partial charge in [-0.05, 0) is 12.1 Å². The molecule has 0 saturated carbocycles. The fourth-order valence-corrected chi connectivity index (χ4v) is 2.78. The first-order chi connectivity index (χ1) is 9.21. The molecule has 0 bridgehead atoms. The van der Waals surface area contributed by atoms with Gasteiger partial charge in [-0.2, -0.15) is 8.42 Å².